The van der Waals surface area contributed by atoms with Gasteiger partial charge in [-0.25, -0.2) is 4.98 Å². The Bertz CT molecular complexity index is 697. The first-order valence-corrected chi connectivity index (χ1v) is 11.1. The lowest BCUT2D eigenvalue weighted by Crippen LogP contribution is -2.39. The fourth-order valence-electron chi connectivity index (χ4n) is 2.35. The van der Waals surface area contributed by atoms with Gasteiger partial charge in [-0.15, -0.1) is 0 Å². The van der Waals surface area contributed by atoms with Crippen LogP contribution < -0.4 is 10.6 Å². The summed E-state index contributed by atoms with van der Waals surface area (Å²) in [6, 6.07) is 0. The Morgan fingerprint density at radius 2 is 2.21 bits per heavy atom. The smallest absolute Gasteiger partial charge is 0.229 e. The van der Waals surface area contributed by atoms with Crippen LogP contribution in [0.1, 0.15) is 43.4 Å². The number of nitrogens with zero attached hydrogens (tertiary/aromatic N) is 4. The molecule has 1 aromatic heterocycles. The number of aliphatic hydroxyl groups excluding tert-OH is 1. The highest BCUT2D eigenvalue weighted by molar-refractivity contribution is 7.66. The number of nitrogens with one attached hydrogen (secondary N) is 2. The van der Waals surface area contributed by atoms with Crippen molar-refractivity contribution in [2.24, 2.45) is 10.9 Å². The highest BCUT2D eigenvalue weighted by Gasteiger charge is 2.29. The molecule has 3 N–H and O–H groups in total. The van der Waals surface area contributed by atoms with E-state index in [1.807, 2.05) is 18.8 Å². The number of ether oxygens (including phenoxy) is 1. The Morgan fingerprint density at radius 3 is 2.66 bits per heavy atom. The molecule has 0 saturated carbocycles. The summed E-state index contributed by atoms with van der Waals surface area (Å²) in [7, 11) is 5.82. The van der Waals surface area contributed by atoms with E-state index < -0.39 is 0 Å². The summed E-state index contributed by atoms with van der Waals surface area (Å²) >= 11 is 5.29. The zero-order chi connectivity index (χ0) is 22.0. The molecule has 0 aromatic carbocycles. The summed E-state index contributed by atoms with van der Waals surface area (Å²) in [5.74, 6) is 0.204. The van der Waals surface area contributed by atoms with Gasteiger partial charge >= 0.3 is 0 Å². The molecule has 12 heteroatoms. The Labute approximate surface area is 177 Å². The van der Waals surface area contributed by atoms with Crippen molar-refractivity contribution in [1.29, 1.82) is 0 Å². The monoisotopic (exact) mass is 448 g/mol. The van der Waals surface area contributed by atoms with Crippen LogP contribution in [0.4, 0.5) is 5.82 Å². The molecular weight excluding hydrogens is 419 g/mol. The summed E-state index contributed by atoms with van der Waals surface area (Å²) in [5.41, 5.74) is 0.186. The highest BCUT2D eigenvalue weighted by Crippen LogP contribution is 2.31. The molecule has 1 aliphatic heterocycles. The predicted octanol–water partition coefficient (Wildman–Crippen LogP) is 1.83. The second-order valence-electron chi connectivity index (χ2n) is 6.80. The first kappa shape index (κ1) is 25.5. The first-order valence-electron chi connectivity index (χ1n) is 9.13. The van der Waals surface area contributed by atoms with E-state index in [1.165, 1.54) is 13.4 Å². The van der Waals surface area contributed by atoms with Crippen LogP contribution >= 0.6 is 19.3 Å². The molecule has 0 radical (unpaired) electrons. The quantitative estimate of drug-likeness (QED) is 0.263. The molecule has 3 atom stereocenters. The number of aromatic nitrogens is 2. The molecule has 2 rings (SSSR count). The summed E-state index contributed by atoms with van der Waals surface area (Å²) < 4.78 is 9.31. The number of aliphatic imine (C=N–C) groups is 1. The van der Waals surface area contributed by atoms with Crippen LogP contribution in [-0.4, -0.2) is 71.3 Å². The van der Waals surface area contributed by atoms with E-state index >= 15 is 0 Å². The molecule has 1 fully saturated rings. The van der Waals surface area contributed by atoms with Gasteiger partial charge in [0, 0.05) is 21.0 Å². The zero-order valence-electron chi connectivity index (χ0n) is 17.3. The molecule has 1 amide bonds. The number of aliphatic hydroxyl groups is 1. The lowest BCUT2D eigenvalue weighted by Gasteiger charge is -2.19. The van der Waals surface area contributed by atoms with Crippen molar-refractivity contribution in [1.82, 2.24) is 19.5 Å². The number of hydrogen-bond donors (Lipinski definition) is 3. The van der Waals surface area contributed by atoms with Crippen LogP contribution in [0.5, 0.6) is 0 Å². The van der Waals surface area contributed by atoms with Gasteiger partial charge in [0.25, 0.3) is 0 Å². The van der Waals surface area contributed by atoms with E-state index in [4.69, 9.17) is 16.0 Å². The molecule has 1 aromatic rings. The molecule has 1 saturated heterocycles. The average molecular weight is 449 g/mol. The third-order valence-corrected chi connectivity index (χ3v) is 5.28. The summed E-state index contributed by atoms with van der Waals surface area (Å²) in [4.78, 5) is 31.1. The molecule has 0 bridgehead atoms. The maximum Gasteiger partial charge on any atom is 0.229 e. The van der Waals surface area contributed by atoms with Crippen LogP contribution in [0.25, 0.3) is 0 Å². The molecule has 2 heterocycles. The summed E-state index contributed by atoms with van der Waals surface area (Å²) in [6.07, 6.45) is 2.94. The molecule has 29 heavy (non-hydrogen) atoms. The van der Waals surface area contributed by atoms with Gasteiger partial charge in [-0.05, 0) is 26.9 Å². The number of hydrogen-bond acceptors (Lipinski definition) is 7. The average Bonchev–Trinajstić information content (AvgIpc) is 3.33. The van der Waals surface area contributed by atoms with Crippen molar-refractivity contribution in [2.75, 3.05) is 33.1 Å². The molecule has 0 aliphatic carbocycles. The topological polar surface area (TPSA) is 121 Å². The third kappa shape index (κ3) is 7.98. The number of imidazole rings is 1. The first-order chi connectivity index (χ1) is 13.8. The van der Waals surface area contributed by atoms with Crippen molar-refractivity contribution in [3.8, 4) is 0 Å². The van der Waals surface area contributed by atoms with E-state index in [9.17, 15) is 14.7 Å². The number of guanidine groups is 1. The van der Waals surface area contributed by atoms with Gasteiger partial charge in [-0.2, -0.15) is 0 Å². The standard InChI is InChI=1S/C15H23N5O4.C2H7ClNP/c1-9(2)14(23)19-15(16-3)18-13-11(7-22)17-8-20(13)12-5-4-10(6-21)24-12;1-4(2)5-3/h7-10,12,21H,4-6H2,1-3H3,(H2,16,18,19,23);5H,1-2H3. The van der Waals surface area contributed by atoms with Gasteiger partial charge in [0.15, 0.2) is 6.29 Å². The van der Waals surface area contributed by atoms with Gasteiger partial charge in [0.1, 0.15) is 17.7 Å². The molecule has 10 nitrogen and oxygen atoms in total. The highest BCUT2D eigenvalue weighted by atomic mass is 35.7. The molecule has 1 aliphatic rings. The largest absolute Gasteiger partial charge is 0.394 e. The van der Waals surface area contributed by atoms with Gasteiger partial charge in [-0.3, -0.25) is 29.1 Å². The maximum atomic E-state index is 11.8. The molecule has 0 spiro atoms. The van der Waals surface area contributed by atoms with Crippen molar-refractivity contribution in [3.05, 3.63) is 12.0 Å². The van der Waals surface area contributed by atoms with Gasteiger partial charge < -0.3 is 15.2 Å². The van der Waals surface area contributed by atoms with E-state index in [1.54, 1.807) is 18.4 Å². The lowest BCUT2D eigenvalue weighted by atomic mass is 10.2. The second-order valence-corrected chi connectivity index (χ2v) is 8.37. The van der Waals surface area contributed by atoms with Crippen LogP contribution in [0.3, 0.4) is 0 Å². The molecule has 164 valence electrons. The predicted molar refractivity (Wildman–Crippen MR) is 116 cm³/mol. The van der Waals surface area contributed by atoms with Crippen molar-refractivity contribution in [2.45, 2.75) is 39.0 Å². The molecular formula is C17H30ClN6O4P. The van der Waals surface area contributed by atoms with E-state index in [-0.39, 0.29) is 42.4 Å². The minimum atomic E-state index is -0.343. The fourth-order valence-corrected chi connectivity index (χ4v) is 2.35. The number of aldehydes is 1. The number of rotatable bonds is 6. The third-order valence-electron chi connectivity index (χ3n) is 3.93. The van der Waals surface area contributed by atoms with E-state index in [0.29, 0.717) is 33.0 Å². The van der Waals surface area contributed by atoms with Gasteiger partial charge in [-0.1, -0.05) is 25.1 Å². The second kappa shape index (κ2) is 12.9. The number of halogens is 1. The van der Waals surface area contributed by atoms with E-state index in [0.717, 1.165) is 0 Å². The minimum absolute atomic E-state index is 0.0549. The Hall–Kier alpha value is -1.58. The fraction of sp³-hybridized carbons (Fsp3) is 0.647. The number of anilines is 1. The van der Waals surface area contributed by atoms with Gasteiger partial charge in [0.05, 0.1) is 19.0 Å². The summed E-state index contributed by atoms with van der Waals surface area (Å²) in [5, 5.41) is 14.8. The number of carbonyl (C=O) groups excluding carboxylic acids is 2. The van der Waals surface area contributed by atoms with E-state index in [2.05, 4.69) is 20.6 Å². The molecule has 3 unspecified atom stereocenters. The van der Waals surface area contributed by atoms with Gasteiger partial charge in [0.2, 0.25) is 11.9 Å². The number of amides is 1. The zero-order valence-corrected chi connectivity index (χ0v) is 19.1. The Morgan fingerprint density at radius 1 is 1.55 bits per heavy atom. The van der Waals surface area contributed by atoms with Crippen LogP contribution in [-0.2, 0) is 9.53 Å². The Balaban J connectivity index is 0.000000749. The van der Waals surface area contributed by atoms with Crippen LogP contribution in [0, 0.1) is 5.92 Å². The lowest BCUT2D eigenvalue weighted by molar-refractivity contribution is -0.122. The van der Waals surface area contributed by atoms with Crippen molar-refractivity contribution >= 4 is 43.3 Å². The Kier molecular flexibility index (Phi) is 11.3. The van der Waals surface area contributed by atoms with Crippen LogP contribution in [0.15, 0.2) is 11.3 Å². The van der Waals surface area contributed by atoms with Crippen molar-refractivity contribution < 1.29 is 19.4 Å². The van der Waals surface area contributed by atoms with Crippen LogP contribution in [0.2, 0.25) is 0 Å². The van der Waals surface area contributed by atoms with Crippen molar-refractivity contribution in [3.63, 3.8) is 0 Å². The normalized spacial score (nSPS) is 19.6. The maximum absolute atomic E-state index is 11.8. The minimum Gasteiger partial charge on any atom is -0.394 e. The SMILES string of the molecule is CN(C)PCl.CN=C(NC(=O)C(C)C)Nc1c(C=O)ncn1C1CCC(CO)O1. The number of carbonyl (C=O) groups is 2. The summed E-state index contributed by atoms with van der Waals surface area (Å²) in [6.45, 7) is 3.48.